The Morgan fingerprint density at radius 2 is 1.04 bits per heavy atom. The fourth-order valence-corrected chi connectivity index (χ4v) is 2.99. The fraction of sp³-hybridized carbons (Fsp3) is 0.950. The molecule has 0 heterocycles. The molecule has 2 N–H and O–H groups in total. The van der Waals surface area contributed by atoms with Gasteiger partial charge in [0, 0.05) is 0 Å². The van der Waals surface area contributed by atoms with E-state index in [0.717, 1.165) is 13.0 Å². The average Bonchev–Trinajstić information content (AvgIpc) is 2.53. The van der Waals surface area contributed by atoms with E-state index in [-0.39, 0.29) is 59.4 Å². The summed E-state index contributed by atoms with van der Waals surface area (Å²) in [6, 6.07) is 0. The Balaban J connectivity index is -0.00000242. The molecule has 0 rings (SSSR count). The molecule has 140 valence electrons. The van der Waals surface area contributed by atoms with Crippen LogP contribution in [0.3, 0.4) is 0 Å². The van der Waals surface area contributed by atoms with Crippen molar-refractivity contribution in [2.24, 2.45) is 0 Å². The van der Waals surface area contributed by atoms with E-state index in [9.17, 15) is 4.79 Å². The smallest absolute Gasteiger partial charge is 1.00 e. The van der Waals surface area contributed by atoms with Crippen LogP contribution in [-0.2, 0) is 4.79 Å². The summed E-state index contributed by atoms with van der Waals surface area (Å²) < 4.78 is 0. The first-order valence-electron chi connectivity index (χ1n) is 10.2. The van der Waals surface area contributed by atoms with Gasteiger partial charge in [0.25, 0.3) is 0 Å². The normalized spacial score (nSPS) is 10.5. The summed E-state index contributed by atoms with van der Waals surface area (Å²) in [5, 5.41) is 11.4. The molecular weight excluding hydrogens is 325 g/mol. The minimum absolute atomic E-state index is 0. The van der Waals surface area contributed by atoms with Crippen LogP contribution in [0.2, 0.25) is 0 Å². The molecule has 0 aromatic heterocycles. The van der Waals surface area contributed by atoms with E-state index < -0.39 is 5.97 Å². The average molecular weight is 368 g/mol. The zero-order valence-electron chi connectivity index (χ0n) is 17.6. The van der Waals surface area contributed by atoms with Gasteiger partial charge in [-0.25, -0.2) is 0 Å². The van der Waals surface area contributed by atoms with Crippen LogP contribution >= 0.6 is 0 Å². The van der Waals surface area contributed by atoms with E-state index in [2.05, 4.69) is 12.2 Å². The quantitative estimate of drug-likeness (QED) is 0.272. The van der Waals surface area contributed by atoms with Gasteiger partial charge in [-0.1, -0.05) is 103 Å². The molecule has 0 unspecified atom stereocenters. The maximum atomic E-state index is 10.3. The van der Waals surface area contributed by atoms with Crippen LogP contribution in [0.5, 0.6) is 0 Å². The Labute approximate surface area is 195 Å². The summed E-state index contributed by atoms with van der Waals surface area (Å²) in [6.07, 6.45) is 22.0. The van der Waals surface area contributed by atoms with E-state index in [1.807, 2.05) is 0 Å². The number of carbonyl (C=O) groups is 1. The van der Waals surface area contributed by atoms with Gasteiger partial charge in [0.2, 0.25) is 0 Å². The number of unbranched alkanes of at least 4 members (excludes halogenated alkanes) is 15. The van der Waals surface area contributed by atoms with Gasteiger partial charge in [-0.3, -0.25) is 4.79 Å². The minimum Gasteiger partial charge on any atom is -1.00 e. The standard InChI is InChI=1S/C20H41NO2.K.H/c1-2-3-4-5-6-7-8-9-10-11-12-13-14-15-16-17-18-21-19-20(22)23;;/h21H,2-19H2,1H3,(H,22,23);;/q;+1;-1. The van der Waals surface area contributed by atoms with Crippen molar-refractivity contribution in [2.75, 3.05) is 13.1 Å². The fourth-order valence-electron chi connectivity index (χ4n) is 2.99. The maximum absolute atomic E-state index is 10.3. The summed E-state index contributed by atoms with van der Waals surface area (Å²) in [5.41, 5.74) is 0. The number of nitrogens with one attached hydrogen (secondary N) is 1. The van der Waals surface area contributed by atoms with Gasteiger partial charge >= 0.3 is 57.4 Å². The molecule has 0 saturated heterocycles. The van der Waals surface area contributed by atoms with Crippen LogP contribution < -0.4 is 56.7 Å². The summed E-state index contributed by atoms with van der Waals surface area (Å²) in [4.78, 5) is 10.3. The van der Waals surface area contributed by atoms with Crippen molar-refractivity contribution in [3.63, 3.8) is 0 Å². The Hall–Kier alpha value is 1.07. The summed E-state index contributed by atoms with van der Waals surface area (Å²) in [7, 11) is 0. The number of hydrogen-bond donors (Lipinski definition) is 2. The third kappa shape index (κ3) is 25.3. The number of carboxylic acids is 1. The maximum Gasteiger partial charge on any atom is 1.00 e. The zero-order chi connectivity index (χ0) is 17.0. The number of rotatable bonds is 19. The molecule has 4 heteroatoms. The van der Waals surface area contributed by atoms with E-state index in [1.165, 1.54) is 96.3 Å². The van der Waals surface area contributed by atoms with E-state index in [1.54, 1.807) is 0 Å². The molecule has 0 aromatic rings. The molecule has 0 aliphatic rings. The molecule has 0 aromatic carbocycles. The van der Waals surface area contributed by atoms with Gasteiger partial charge in [0.05, 0.1) is 6.54 Å². The number of aliphatic carboxylic acids is 1. The molecule has 0 aliphatic carbocycles. The molecule has 0 saturated carbocycles. The largest absolute Gasteiger partial charge is 1.00 e. The SMILES string of the molecule is CCCCCCCCCCCCCCCCCCNCC(=O)O.[H-].[K+]. The monoisotopic (exact) mass is 367 g/mol. The van der Waals surface area contributed by atoms with Gasteiger partial charge in [0.1, 0.15) is 0 Å². The first-order valence-corrected chi connectivity index (χ1v) is 10.2. The number of hydrogen-bond acceptors (Lipinski definition) is 2. The Bertz CT molecular complexity index is 256. The third-order valence-electron chi connectivity index (χ3n) is 4.48. The second-order valence-electron chi connectivity index (χ2n) is 6.87. The Morgan fingerprint density at radius 3 is 1.38 bits per heavy atom. The molecule has 0 atom stereocenters. The molecule has 24 heavy (non-hydrogen) atoms. The van der Waals surface area contributed by atoms with Crippen molar-refractivity contribution in [3.8, 4) is 0 Å². The Kier molecular flexibility index (Phi) is 27.4. The summed E-state index contributed by atoms with van der Waals surface area (Å²) in [6.45, 7) is 3.21. The van der Waals surface area contributed by atoms with E-state index in [4.69, 9.17) is 5.11 Å². The molecule has 0 bridgehead atoms. The minimum atomic E-state index is -0.763. The van der Waals surface area contributed by atoms with Crippen LogP contribution in [0.25, 0.3) is 0 Å². The van der Waals surface area contributed by atoms with Crippen molar-refractivity contribution >= 4 is 5.97 Å². The predicted octanol–water partition coefficient (Wildman–Crippen LogP) is 3.04. The third-order valence-corrected chi connectivity index (χ3v) is 4.48. The topological polar surface area (TPSA) is 49.3 Å². The second kappa shape index (κ2) is 24.1. The predicted molar refractivity (Wildman–Crippen MR) is 101 cm³/mol. The van der Waals surface area contributed by atoms with Crippen molar-refractivity contribution < 1.29 is 62.7 Å². The van der Waals surface area contributed by atoms with Crippen LogP contribution in [0.4, 0.5) is 0 Å². The van der Waals surface area contributed by atoms with Gasteiger partial charge < -0.3 is 11.8 Å². The van der Waals surface area contributed by atoms with Crippen LogP contribution in [0, 0.1) is 0 Å². The molecule has 0 amide bonds. The van der Waals surface area contributed by atoms with Crippen LogP contribution in [0.1, 0.15) is 111 Å². The second-order valence-corrected chi connectivity index (χ2v) is 6.87. The van der Waals surface area contributed by atoms with Gasteiger partial charge in [-0.05, 0) is 13.0 Å². The van der Waals surface area contributed by atoms with Gasteiger partial charge in [0.15, 0.2) is 0 Å². The van der Waals surface area contributed by atoms with Crippen molar-refractivity contribution in [2.45, 2.75) is 110 Å². The molecule has 0 spiro atoms. The first-order chi connectivity index (χ1) is 11.3. The molecule has 3 nitrogen and oxygen atoms in total. The van der Waals surface area contributed by atoms with Gasteiger partial charge in [-0.2, -0.15) is 0 Å². The first kappa shape index (κ1) is 27.3. The summed E-state index contributed by atoms with van der Waals surface area (Å²) in [5.74, 6) is -0.763. The molecular formula is C20H42KNO2. The van der Waals surface area contributed by atoms with E-state index in [0.29, 0.717) is 0 Å². The summed E-state index contributed by atoms with van der Waals surface area (Å²) >= 11 is 0. The number of carboxylic acid groups (broad SMARTS) is 1. The van der Waals surface area contributed by atoms with Crippen LogP contribution in [-0.4, -0.2) is 24.2 Å². The molecule has 0 aliphatic heterocycles. The van der Waals surface area contributed by atoms with Crippen molar-refractivity contribution in [1.82, 2.24) is 5.32 Å². The van der Waals surface area contributed by atoms with Crippen LogP contribution in [0.15, 0.2) is 0 Å². The zero-order valence-corrected chi connectivity index (χ0v) is 19.7. The van der Waals surface area contributed by atoms with Crippen molar-refractivity contribution in [1.29, 1.82) is 0 Å². The molecule has 0 radical (unpaired) electrons. The van der Waals surface area contributed by atoms with Gasteiger partial charge in [-0.15, -0.1) is 0 Å². The van der Waals surface area contributed by atoms with E-state index >= 15 is 0 Å². The van der Waals surface area contributed by atoms with Crippen molar-refractivity contribution in [3.05, 3.63) is 0 Å². The Morgan fingerprint density at radius 1 is 0.708 bits per heavy atom. The molecule has 0 fully saturated rings.